The fourth-order valence-electron chi connectivity index (χ4n) is 16.5. The third-order valence-corrected chi connectivity index (χ3v) is 24.5. The Balaban J connectivity index is 0.000000116. The molecule has 0 fully saturated rings. The standard InChI is InChI=1S/C23H22O.C23H22S.2C22H21N.C22H20S/c2*1-15-8-5-9-16(14-15)17-10-6-12-19-21(17)22-18(23(2,3)4)11-7-13-20(22)24-19;1-22(2,3)16-9-8-10-17(15-16)23-20-13-6-4-11-18(20)19-12-5-7-14-21(19)23;1-22(2,3)16-12-14-17(15-13-16)23-20-10-6-4-8-18(20)19-9-5-7-11-21(19)23;1-22(2,3)17-12-8-14-19-21(17)20-16(11-7-13-18(20)23-19)15-9-5-4-6-10-15/h2*5-14H,1-4H3;2*4-15H,1-3H3;4-14H,1-3H3/i2*5D,8D,9D,14D;;;. The quantitative estimate of drug-likeness (QED) is 0.168. The molecule has 582 valence electrons. The molecule has 0 atom stereocenters. The first kappa shape index (κ1) is 69.4. The van der Waals surface area contributed by atoms with Crippen molar-refractivity contribution in [1.82, 2.24) is 9.13 Å². The van der Waals surface area contributed by atoms with Crippen molar-refractivity contribution in [2.75, 3.05) is 0 Å². The number of benzene rings is 15. The lowest BCUT2D eigenvalue weighted by Gasteiger charge is -2.21. The second kappa shape index (κ2) is 31.6. The zero-order valence-electron chi connectivity index (χ0n) is 78.3. The minimum Gasteiger partial charge on any atom is -0.456 e. The molecule has 5 heteroatoms. The Bertz CT molecular complexity index is 7190. The van der Waals surface area contributed by atoms with Crippen molar-refractivity contribution in [3.05, 3.63) is 372 Å². The number of hydrogen-bond acceptors (Lipinski definition) is 3. The van der Waals surface area contributed by atoms with Crippen LogP contribution in [0.25, 0.3) is 151 Å². The predicted octanol–water partition coefficient (Wildman–Crippen LogP) is 33.4. The fraction of sp³-hybridized carbons (Fsp3) is 0.196. The topological polar surface area (TPSA) is 23.0 Å². The summed E-state index contributed by atoms with van der Waals surface area (Å²) in [6.45, 7) is 36.8. The van der Waals surface area contributed by atoms with E-state index in [2.05, 4.69) is 356 Å². The van der Waals surface area contributed by atoms with Gasteiger partial charge in [0.15, 0.2) is 0 Å². The summed E-state index contributed by atoms with van der Waals surface area (Å²) in [6, 6.07) is 100. The number of para-hydroxylation sites is 4. The molecule has 117 heavy (non-hydrogen) atoms. The summed E-state index contributed by atoms with van der Waals surface area (Å²) < 4.78 is 82.5. The zero-order chi connectivity index (χ0) is 88.8. The minimum atomic E-state index is -0.149. The smallest absolute Gasteiger partial charge is 0.136 e. The summed E-state index contributed by atoms with van der Waals surface area (Å²) in [5, 5.41) is 12.1. The normalized spacial score (nSPS) is 13.1. The van der Waals surface area contributed by atoms with Crippen molar-refractivity contribution in [3.63, 3.8) is 0 Å². The van der Waals surface area contributed by atoms with Crippen LogP contribution in [0, 0.1) is 13.8 Å². The Labute approximate surface area is 710 Å². The van der Waals surface area contributed by atoms with Gasteiger partial charge < -0.3 is 13.6 Å². The summed E-state index contributed by atoms with van der Waals surface area (Å²) in [5.41, 5.74) is 21.6. The lowest BCUT2D eigenvalue weighted by Crippen LogP contribution is -2.11. The highest BCUT2D eigenvalue weighted by Gasteiger charge is 2.27. The van der Waals surface area contributed by atoms with E-state index in [-0.39, 0.29) is 75.4 Å². The first-order chi connectivity index (χ1) is 59.4. The molecule has 0 N–H and O–H groups in total. The number of hydrogen-bond donors (Lipinski definition) is 0. The summed E-state index contributed by atoms with van der Waals surface area (Å²) in [5.74, 6) is 0. The third kappa shape index (κ3) is 15.8. The number of thiophene rings is 2. The van der Waals surface area contributed by atoms with Gasteiger partial charge in [0.05, 0.1) is 33.0 Å². The largest absolute Gasteiger partial charge is 0.456 e. The molecule has 20 aromatic rings. The molecule has 20 rings (SSSR count). The van der Waals surface area contributed by atoms with Gasteiger partial charge in [-0.1, -0.05) is 364 Å². The zero-order valence-corrected chi connectivity index (χ0v) is 71.9. The number of rotatable bonds is 5. The lowest BCUT2D eigenvalue weighted by molar-refractivity contribution is 0.590. The van der Waals surface area contributed by atoms with E-state index in [0.29, 0.717) is 33.4 Å². The molecule has 0 saturated carbocycles. The predicted molar refractivity (Wildman–Crippen MR) is 513 cm³/mol. The molecule has 5 heterocycles. The molecule has 0 unspecified atom stereocenters. The highest BCUT2D eigenvalue weighted by atomic mass is 32.1. The molecular weight excluding hydrogens is 1450 g/mol. The Morgan fingerprint density at radius 1 is 0.274 bits per heavy atom. The average Bonchev–Trinajstić information content (AvgIpc) is 1.66. The summed E-state index contributed by atoms with van der Waals surface area (Å²) in [4.78, 5) is 0. The van der Waals surface area contributed by atoms with E-state index in [1.165, 1.54) is 119 Å². The van der Waals surface area contributed by atoms with Gasteiger partial charge in [-0.05, 0) is 187 Å². The first-order valence-electron chi connectivity index (χ1n) is 44.6. The van der Waals surface area contributed by atoms with Crippen LogP contribution in [0.4, 0.5) is 0 Å². The van der Waals surface area contributed by atoms with Gasteiger partial charge in [0.1, 0.15) is 11.2 Å². The van der Waals surface area contributed by atoms with Crippen LogP contribution in [0.3, 0.4) is 0 Å². The Morgan fingerprint density at radius 3 is 1.06 bits per heavy atom. The number of fused-ring (bicyclic) bond motifs is 15. The monoisotopic (exact) mass is 1570 g/mol. The van der Waals surface area contributed by atoms with E-state index in [9.17, 15) is 0 Å². The highest BCUT2D eigenvalue weighted by Crippen LogP contribution is 2.48. The molecule has 0 bridgehead atoms. The lowest BCUT2D eigenvalue weighted by atomic mass is 9.83. The SMILES string of the molecule is CC(C)(C)c1ccc(-n2c3ccccc3c3ccccc32)cc1.CC(C)(C)c1cccc(-n2c3ccccc3c3ccccc32)c1.CC(C)(C)c1cccc2sc3cccc(-c4ccccc4)c3c12.[2H]c1c([2H])c(C)c([2H])c(-c2cccc3oc4cccc(C(C)(C)C)c4c23)c1[2H].[2H]c1c([2H])c(C)c([2H])c(-c2cccc3sc4cccc(C(C)(C)C)c4c23)c1[2H]. The van der Waals surface area contributed by atoms with Crippen molar-refractivity contribution >= 4 is 129 Å². The van der Waals surface area contributed by atoms with Gasteiger partial charge in [0, 0.05) is 84.0 Å². The molecule has 0 aliphatic carbocycles. The average molecular weight is 1570 g/mol. The maximum Gasteiger partial charge on any atom is 0.136 e. The van der Waals surface area contributed by atoms with E-state index < -0.39 is 0 Å². The van der Waals surface area contributed by atoms with Gasteiger partial charge in [0.25, 0.3) is 0 Å². The summed E-state index contributed by atoms with van der Waals surface area (Å²) in [6.07, 6.45) is 0. The summed E-state index contributed by atoms with van der Waals surface area (Å²) >= 11 is 3.62. The van der Waals surface area contributed by atoms with E-state index in [4.69, 9.17) is 15.4 Å². The molecule has 0 aliphatic rings. The van der Waals surface area contributed by atoms with Crippen LogP contribution in [-0.2, 0) is 27.1 Å². The van der Waals surface area contributed by atoms with E-state index in [0.717, 1.165) is 37.6 Å². The minimum absolute atomic E-state index is 0.0310. The van der Waals surface area contributed by atoms with Gasteiger partial charge in [-0.15, -0.1) is 22.7 Å². The van der Waals surface area contributed by atoms with E-state index >= 15 is 0 Å². The first-order valence-corrected chi connectivity index (χ1v) is 42.3. The van der Waals surface area contributed by atoms with Crippen molar-refractivity contribution in [2.45, 2.75) is 145 Å². The molecule has 15 aromatic carbocycles. The fourth-order valence-corrected chi connectivity index (χ4v) is 18.8. The van der Waals surface area contributed by atoms with Crippen LogP contribution in [0.15, 0.2) is 338 Å². The molecule has 0 amide bonds. The van der Waals surface area contributed by atoms with Gasteiger partial charge >= 0.3 is 0 Å². The highest BCUT2D eigenvalue weighted by molar-refractivity contribution is 7.26. The van der Waals surface area contributed by atoms with Crippen molar-refractivity contribution < 1.29 is 15.4 Å². The maximum atomic E-state index is 8.60. The van der Waals surface area contributed by atoms with Crippen LogP contribution in [0.1, 0.15) is 154 Å². The van der Waals surface area contributed by atoms with Gasteiger partial charge in [-0.2, -0.15) is 0 Å². The molecule has 0 radical (unpaired) electrons. The van der Waals surface area contributed by atoms with Crippen LogP contribution >= 0.6 is 22.7 Å². The molecule has 0 spiro atoms. The van der Waals surface area contributed by atoms with Crippen LogP contribution < -0.4 is 0 Å². The molecule has 5 aromatic heterocycles. The maximum absolute atomic E-state index is 8.60. The second-order valence-electron chi connectivity index (χ2n) is 35.8. The molecule has 3 nitrogen and oxygen atoms in total. The van der Waals surface area contributed by atoms with E-state index in [1.54, 1.807) is 25.2 Å². The van der Waals surface area contributed by atoms with E-state index in [1.807, 2.05) is 53.8 Å². The molecule has 0 saturated heterocycles. The van der Waals surface area contributed by atoms with Crippen molar-refractivity contribution in [2.24, 2.45) is 0 Å². The third-order valence-electron chi connectivity index (χ3n) is 22.2. The Morgan fingerprint density at radius 2 is 0.624 bits per heavy atom. The van der Waals surface area contributed by atoms with Crippen LogP contribution in [0.5, 0.6) is 0 Å². The van der Waals surface area contributed by atoms with Gasteiger partial charge in [0.2, 0.25) is 0 Å². The molecular formula is C112H106N2OS2. The number of aromatic nitrogens is 2. The van der Waals surface area contributed by atoms with Crippen molar-refractivity contribution in [3.8, 4) is 44.8 Å². The Kier molecular flexibility index (Phi) is 18.8. The van der Waals surface area contributed by atoms with Gasteiger partial charge in [-0.3, -0.25) is 0 Å². The van der Waals surface area contributed by atoms with Crippen LogP contribution in [0.2, 0.25) is 0 Å². The number of furan rings is 1. The van der Waals surface area contributed by atoms with Gasteiger partial charge in [-0.25, -0.2) is 0 Å². The van der Waals surface area contributed by atoms with Crippen LogP contribution in [-0.4, -0.2) is 9.13 Å². The number of nitrogens with zero attached hydrogens (tertiary/aromatic N) is 2. The molecule has 0 aliphatic heterocycles. The Hall–Kier alpha value is -11.9. The summed E-state index contributed by atoms with van der Waals surface area (Å²) in [7, 11) is 0. The second-order valence-corrected chi connectivity index (χ2v) is 38.0. The van der Waals surface area contributed by atoms with Crippen molar-refractivity contribution in [1.29, 1.82) is 0 Å².